The van der Waals surface area contributed by atoms with Gasteiger partial charge >= 0.3 is 5.97 Å². The fraction of sp³-hybridized carbons (Fsp3) is 0.0833. The highest BCUT2D eigenvalue weighted by Gasteiger charge is 2.12. The molecule has 0 spiro atoms. The number of esters is 1. The SMILES string of the molecule is COC(=O)c1cnc(-c2ccccc2C#N)[nH]1. The number of carbonyl (C=O) groups is 1. The predicted octanol–water partition coefficient (Wildman–Crippen LogP) is 1.73. The third-order valence-electron chi connectivity index (χ3n) is 2.28. The molecule has 2 rings (SSSR count). The molecule has 0 saturated carbocycles. The largest absolute Gasteiger partial charge is 0.464 e. The number of rotatable bonds is 2. The highest BCUT2D eigenvalue weighted by Crippen LogP contribution is 2.19. The molecule has 1 aromatic carbocycles. The molecule has 5 heteroatoms. The van der Waals surface area contributed by atoms with E-state index in [9.17, 15) is 4.79 Å². The first kappa shape index (κ1) is 10.9. The molecular weight excluding hydrogens is 218 g/mol. The van der Waals surface area contributed by atoms with E-state index in [1.807, 2.05) is 0 Å². The van der Waals surface area contributed by atoms with E-state index in [0.717, 1.165) is 0 Å². The number of nitriles is 1. The fourth-order valence-electron chi connectivity index (χ4n) is 1.46. The number of nitrogens with one attached hydrogen (secondary N) is 1. The van der Waals surface area contributed by atoms with Crippen molar-refractivity contribution in [2.75, 3.05) is 7.11 Å². The molecule has 84 valence electrons. The van der Waals surface area contributed by atoms with Crippen molar-refractivity contribution in [2.24, 2.45) is 0 Å². The molecule has 17 heavy (non-hydrogen) atoms. The molecule has 0 aliphatic heterocycles. The number of aromatic amines is 1. The lowest BCUT2D eigenvalue weighted by Crippen LogP contribution is -2.01. The number of hydrogen-bond acceptors (Lipinski definition) is 4. The van der Waals surface area contributed by atoms with Crippen LogP contribution in [0.25, 0.3) is 11.4 Å². The molecule has 0 fully saturated rings. The van der Waals surface area contributed by atoms with E-state index in [1.165, 1.54) is 13.3 Å². The van der Waals surface area contributed by atoms with Gasteiger partial charge in [-0.1, -0.05) is 12.1 Å². The van der Waals surface area contributed by atoms with Crippen LogP contribution in [-0.4, -0.2) is 23.0 Å². The summed E-state index contributed by atoms with van der Waals surface area (Å²) in [6, 6.07) is 9.09. The number of nitrogens with zero attached hydrogens (tertiary/aromatic N) is 2. The van der Waals surface area contributed by atoms with E-state index in [0.29, 0.717) is 17.0 Å². The Kier molecular flexibility index (Phi) is 2.88. The van der Waals surface area contributed by atoms with Crippen LogP contribution in [0, 0.1) is 11.3 Å². The van der Waals surface area contributed by atoms with Gasteiger partial charge in [-0.25, -0.2) is 9.78 Å². The highest BCUT2D eigenvalue weighted by atomic mass is 16.5. The van der Waals surface area contributed by atoms with Gasteiger partial charge in [-0.15, -0.1) is 0 Å². The smallest absolute Gasteiger partial charge is 0.356 e. The maximum Gasteiger partial charge on any atom is 0.356 e. The molecule has 2 aromatic rings. The fourth-order valence-corrected chi connectivity index (χ4v) is 1.46. The van der Waals surface area contributed by atoms with Crippen molar-refractivity contribution < 1.29 is 9.53 Å². The average molecular weight is 227 g/mol. The van der Waals surface area contributed by atoms with Gasteiger partial charge in [0.25, 0.3) is 0 Å². The Balaban J connectivity index is 2.44. The van der Waals surface area contributed by atoms with Gasteiger partial charge in [0.05, 0.1) is 24.9 Å². The molecule has 0 unspecified atom stereocenters. The molecular formula is C12H9N3O2. The van der Waals surface area contributed by atoms with Crippen LogP contribution in [0.4, 0.5) is 0 Å². The zero-order valence-corrected chi connectivity index (χ0v) is 9.10. The first-order valence-electron chi connectivity index (χ1n) is 4.89. The van der Waals surface area contributed by atoms with Crippen LogP contribution in [0.2, 0.25) is 0 Å². The first-order chi connectivity index (χ1) is 8.26. The van der Waals surface area contributed by atoms with Crippen LogP contribution >= 0.6 is 0 Å². The van der Waals surface area contributed by atoms with E-state index in [2.05, 4.69) is 20.8 Å². The van der Waals surface area contributed by atoms with Crippen LogP contribution in [0.15, 0.2) is 30.5 Å². The second kappa shape index (κ2) is 4.49. The van der Waals surface area contributed by atoms with Gasteiger partial charge < -0.3 is 9.72 Å². The average Bonchev–Trinajstić information content (AvgIpc) is 2.87. The van der Waals surface area contributed by atoms with E-state index in [-0.39, 0.29) is 5.69 Å². The lowest BCUT2D eigenvalue weighted by atomic mass is 10.1. The molecule has 1 heterocycles. The Labute approximate surface area is 97.7 Å². The summed E-state index contributed by atoms with van der Waals surface area (Å²) in [6.07, 6.45) is 1.38. The van der Waals surface area contributed by atoms with Gasteiger partial charge in [0.15, 0.2) is 0 Å². The molecule has 0 radical (unpaired) electrons. The molecule has 0 aliphatic carbocycles. The van der Waals surface area contributed by atoms with E-state index < -0.39 is 5.97 Å². The minimum absolute atomic E-state index is 0.259. The molecule has 1 N–H and O–H groups in total. The van der Waals surface area contributed by atoms with Crippen LogP contribution in [-0.2, 0) is 4.74 Å². The highest BCUT2D eigenvalue weighted by molar-refractivity contribution is 5.87. The summed E-state index contributed by atoms with van der Waals surface area (Å²) in [5, 5.41) is 8.96. The van der Waals surface area contributed by atoms with Gasteiger partial charge in [-0.05, 0) is 12.1 Å². The molecule has 5 nitrogen and oxygen atoms in total. The van der Waals surface area contributed by atoms with E-state index >= 15 is 0 Å². The predicted molar refractivity (Wildman–Crippen MR) is 60.1 cm³/mol. The molecule has 0 aliphatic rings. The van der Waals surface area contributed by atoms with Gasteiger partial charge in [0, 0.05) is 5.56 Å². The Morgan fingerprint density at radius 2 is 2.24 bits per heavy atom. The number of hydrogen-bond donors (Lipinski definition) is 1. The summed E-state index contributed by atoms with van der Waals surface area (Å²) < 4.78 is 4.57. The van der Waals surface area contributed by atoms with E-state index in [4.69, 9.17) is 5.26 Å². The normalized spacial score (nSPS) is 9.65. The van der Waals surface area contributed by atoms with Crippen molar-refractivity contribution in [2.45, 2.75) is 0 Å². The maximum atomic E-state index is 11.3. The number of ether oxygens (including phenoxy) is 1. The van der Waals surface area contributed by atoms with Gasteiger partial charge in [0.1, 0.15) is 11.5 Å². The maximum absolute atomic E-state index is 11.3. The van der Waals surface area contributed by atoms with Crippen molar-refractivity contribution in [3.8, 4) is 17.5 Å². The third-order valence-corrected chi connectivity index (χ3v) is 2.28. The standard InChI is InChI=1S/C12H9N3O2/c1-17-12(16)10-7-14-11(15-10)9-5-3-2-4-8(9)6-13/h2-5,7H,1H3,(H,14,15). The molecule has 1 aromatic heterocycles. The quantitative estimate of drug-likeness (QED) is 0.792. The van der Waals surface area contributed by atoms with Crippen molar-refractivity contribution in [1.82, 2.24) is 9.97 Å². The summed E-state index contributed by atoms with van der Waals surface area (Å²) in [7, 11) is 1.30. The van der Waals surface area contributed by atoms with Crippen molar-refractivity contribution in [3.05, 3.63) is 41.7 Å². The Morgan fingerprint density at radius 1 is 1.47 bits per heavy atom. The van der Waals surface area contributed by atoms with Crippen LogP contribution < -0.4 is 0 Å². The number of H-pyrrole nitrogens is 1. The minimum atomic E-state index is -0.488. The second-order valence-corrected chi connectivity index (χ2v) is 3.29. The summed E-state index contributed by atoms with van der Waals surface area (Å²) >= 11 is 0. The zero-order valence-electron chi connectivity index (χ0n) is 9.10. The van der Waals surface area contributed by atoms with Crippen molar-refractivity contribution in [1.29, 1.82) is 5.26 Å². The Hall–Kier alpha value is -2.61. The number of benzene rings is 1. The van der Waals surface area contributed by atoms with Gasteiger partial charge in [-0.3, -0.25) is 0 Å². The topological polar surface area (TPSA) is 78.8 Å². The number of methoxy groups -OCH3 is 1. The third kappa shape index (κ3) is 2.01. The number of imidazole rings is 1. The van der Waals surface area contributed by atoms with Crippen LogP contribution in [0.1, 0.15) is 16.1 Å². The van der Waals surface area contributed by atoms with Crippen LogP contribution in [0.5, 0.6) is 0 Å². The summed E-state index contributed by atoms with van der Waals surface area (Å²) in [5.41, 5.74) is 1.42. The number of carbonyl (C=O) groups excluding carboxylic acids is 1. The Morgan fingerprint density at radius 3 is 2.94 bits per heavy atom. The monoisotopic (exact) mass is 227 g/mol. The molecule has 0 saturated heterocycles. The second-order valence-electron chi connectivity index (χ2n) is 3.29. The lowest BCUT2D eigenvalue weighted by Gasteiger charge is -1.99. The summed E-state index contributed by atoms with van der Waals surface area (Å²) in [6.45, 7) is 0. The molecule has 0 amide bonds. The first-order valence-corrected chi connectivity index (χ1v) is 4.89. The lowest BCUT2D eigenvalue weighted by molar-refractivity contribution is 0.0595. The Bertz CT molecular complexity index is 596. The summed E-state index contributed by atoms with van der Waals surface area (Å²) in [5.74, 6) is -0.0132. The summed E-state index contributed by atoms with van der Waals surface area (Å²) in [4.78, 5) is 18.1. The van der Waals surface area contributed by atoms with Crippen LogP contribution in [0.3, 0.4) is 0 Å². The number of aromatic nitrogens is 2. The molecule has 0 bridgehead atoms. The van der Waals surface area contributed by atoms with Gasteiger partial charge in [-0.2, -0.15) is 5.26 Å². The van der Waals surface area contributed by atoms with Crippen molar-refractivity contribution in [3.63, 3.8) is 0 Å². The minimum Gasteiger partial charge on any atom is -0.464 e. The van der Waals surface area contributed by atoms with E-state index in [1.54, 1.807) is 24.3 Å². The zero-order chi connectivity index (χ0) is 12.3. The van der Waals surface area contributed by atoms with Gasteiger partial charge in [0.2, 0.25) is 0 Å². The van der Waals surface area contributed by atoms with Crippen molar-refractivity contribution >= 4 is 5.97 Å². The molecule has 0 atom stereocenters.